The summed E-state index contributed by atoms with van der Waals surface area (Å²) in [5.41, 5.74) is 0. The number of rotatable bonds is 8. The van der Waals surface area contributed by atoms with E-state index >= 15 is 0 Å². The van der Waals surface area contributed by atoms with Crippen LogP contribution in [0.4, 0.5) is 0 Å². The Balaban J connectivity index is 4.41. The van der Waals surface area contributed by atoms with Crippen molar-refractivity contribution in [3.05, 3.63) is 0 Å². The molecule has 0 radical (unpaired) electrons. The third kappa shape index (κ3) is 11.1. The number of aliphatic hydroxyl groups excluding tert-OH is 1. The van der Waals surface area contributed by atoms with Gasteiger partial charge in [-0.2, -0.15) is 0 Å². The molecule has 0 aliphatic carbocycles. The zero-order valence-electron chi connectivity index (χ0n) is 9.51. The van der Waals surface area contributed by atoms with Crippen LogP contribution in [-0.4, -0.2) is 54.8 Å². The Morgan fingerprint density at radius 2 is 1.47 bits per heavy atom. The van der Waals surface area contributed by atoms with Gasteiger partial charge in [-0.25, -0.2) is 0 Å². The molecule has 0 aromatic carbocycles. The normalized spacial score (nSPS) is 15.2. The first-order chi connectivity index (χ1) is 7.53. The van der Waals surface area contributed by atoms with Crippen LogP contribution in [-0.2, 0) is 9.13 Å². The first kappa shape index (κ1) is 17.2. The van der Waals surface area contributed by atoms with Crippen molar-refractivity contribution < 1.29 is 33.8 Å². The molecule has 0 aromatic rings. The minimum atomic E-state index is -4.38. The molecular weight excluding hydrogens is 272 g/mol. The van der Waals surface area contributed by atoms with E-state index in [0.717, 1.165) is 4.90 Å². The Hall–Kier alpha value is 0.220. The molecule has 0 rings (SSSR count). The van der Waals surface area contributed by atoms with E-state index in [2.05, 4.69) is 0 Å². The van der Waals surface area contributed by atoms with Gasteiger partial charge in [-0.05, 0) is 12.8 Å². The minimum Gasteiger partial charge on any atom is -0.393 e. The summed E-state index contributed by atoms with van der Waals surface area (Å²) < 4.78 is 21.6. The van der Waals surface area contributed by atoms with Crippen LogP contribution in [0.3, 0.4) is 0 Å². The standard InChI is InChI=1S/C7H19NO7P2/c1-2-7(9)3-4-8(5-16(10,11)12)6-17(13,14)15/h7,9H,2-6H2,1H3,(H2,10,11,12)(H2,13,14,15). The smallest absolute Gasteiger partial charge is 0.339 e. The zero-order chi connectivity index (χ0) is 13.7. The Bertz CT molecular complexity index is 287. The van der Waals surface area contributed by atoms with E-state index in [1.807, 2.05) is 0 Å². The van der Waals surface area contributed by atoms with Gasteiger partial charge in [0.05, 0.1) is 6.10 Å². The Morgan fingerprint density at radius 1 is 1.06 bits per heavy atom. The second kappa shape index (κ2) is 6.97. The molecule has 8 nitrogen and oxygen atoms in total. The number of hydrogen-bond donors (Lipinski definition) is 5. The first-order valence-corrected chi connectivity index (χ1v) is 8.62. The maximum atomic E-state index is 10.8. The number of nitrogens with zero attached hydrogens (tertiary/aromatic N) is 1. The molecule has 104 valence electrons. The Kier molecular flexibility index (Phi) is 7.06. The summed E-state index contributed by atoms with van der Waals surface area (Å²) in [6, 6.07) is 0. The van der Waals surface area contributed by atoms with Gasteiger partial charge in [0.2, 0.25) is 0 Å². The lowest BCUT2D eigenvalue weighted by Gasteiger charge is -2.23. The summed E-state index contributed by atoms with van der Waals surface area (Å²) in [5.74, 6) is 0. The molecule has 17 heavy (non-hydrogen) atoms. The molecule has 0 aliphatic heterocycles. The van der Waals surface area contributed by atoms with Crippen LogP contribution >= 0.6 is 15.2 Å². The van der Waals surface area contributed by atoms with Crippen molar-refractivity contribution in [2.75, 3.05) is 19.1 Å². The highest BCUT2D eigenvalue weighted by atomic mass is 31.2. The summed E-state index contributed by atoms with van der Waals surface area (Å²) in [4.78, 5) is 36.0. The highest BCUT2D eigenvalue weighted by Crippen LogP contribution is 2.40. The van der Waals surface area contributed by atoms with E-state index in [4.69, 9.17) is 19.6 Å². The Labute approximate surface area is 99.6 Å². The summed E-state index contributed by atoms with van der Waals surface area (Å²) in [6.45, 7) is 1.76. The van der Waals surface area contributed by atoms with Gasteiger partial charge in [0.15, 0.2) is 0 Å². The lowest BCUT2D eigenvalue weighted by molar-refractivity contribution is 0.142. The number of aliphatic hydroxyl groups is 1. The van der Waals surface area contributed by atoms with Crippen LogP contribution < -0.4 is 0 Å². The lowest BCUT2D eigenvalue weighted by Crippen LogP contribution is -2.29. The lowest BCUT2D eigenvalue weighted by atomic mass is 10.2. The fraction of sp³-hybridized carbons (Fsp3) is 1.00. The SMILES string of the molecule is CCC(O)CCN(CP(=O)(O)O)CP(=O)(O)O. The van der Waals surface area contributed by atoms with Crippen LogP contribution in [0.15, 0.2) is 0 Å². The van der Waals surface area contributed by atoms with Gasteiger partial charge < -0.3 is 24.7 Å². The van der Waals surface area contributed by atoms with Crippen LogP contribution in [0.25, 0.3) is 0 Å². The monoisotopic (exact) mass is 291 g/mol. The van der Waals surface area contributed by atoms with E-state index in [9.17, 15) is 14.2 Å². The molecule has 0 aliphatic rings. The molecule has 0 amide bonds. The molecule has 5 N–H and O–H groups in total. The van der Waals surface area contributed by atoms with Gasteiger partial charge in [-0.15, -0.1) is 0 Å². The molecule has 0 heterocycles. The maximum Gasteiger partial charge on any atom is 0.339 e. The van der Waals surface area contributed by atoms with Crippen LogP contribution in [0, 0.1) is 0 Å². The van der Waals surface area contributed by atoms with Gasteiger partial charge in [0, 0.05) is 6.54 Å². The number of hydrogen-bond acceptors (Lipinski definition) is 4. The molecule has 10 heteroatoms. The van der Waals surface area contributed by atoms with Gasteiger partial charge in [0.1, 0.15) is 12.6 Å². The van der Waals surface area contributed by atoms with Gasteiger partial charge >= 0.3 is 15.2 Å². The van der Waals surface area contributed by atoms with E-state index in [-0.39, 0.29) is 13.0 Å². The van der Waals surface area contributed by atoms with Crippen molar-refractivity contribution in [2.45, 2.75) is 25.9 Å². The quantitative estimate of drug-likeness (QED) is 0.385. The van der Waals surface area contributed by atoms with E-state index in [0.29, 0.717) is 6.42 Å². The predicted molar refractivity (Wildman–Crippen MR) is 61.4 cm³/mol. The fourth-order valence-electron chi connectivity index (χ4n) is 1.24. The van der Waals surface area contributed by atoms with E-state index in [1.165, 1.54) is 0 Å². The molecule has 0 bridgehead atoms. The summed E-state index contributed by atoms with van der Waals surface area (Å²) >= 11 is 0. The second-order valence-electron chi connectivity index (χ2n) is 3.86. The Morgan fingerprint density at radius 3 is 1.76 bits per heavy atom. The van der Waals surface area contributed by atoms with Gasteiger partial charge in [0.25, 0.3) is 0 Å². The van der Waals surface area contributed by atoms with Crippen molar-refractivity contribution in [3.8, 4) is 0 Å². The highest BCUT2D eigenvalue weighted by molar-refractivity contribution is 7.52. The van der Waals surface area contributed by atoms with Gasteiger partial charge in [-0.1, -0.05) is 6.92 Å². The fourth-order valence-corrected chi connectivity index (χ4v) is 2.93. The largest absolute Gasteiger partial charge is 0.393 e. The van der Waals surface area contributed by atoms with Crippen molar-refractivity contribution >= 4 is 15.2 Å². The molecule has 0 saturated heterocycles. The van der Waals surface area contributed by atoms with E-state index in [1.54, 1.807) is 6.92 Å². The first-order valence-electron chi connectivity index (χ1n) is 5.03. The van der Waals surface area contributed by atoms with Crippen LogP contribution in [0.5, 0.6) is 0 Å². The molecular formula is C7H19NO7P2. The van der Waals surface area contributed by atoms with Crippen molar-refractivity contribution in [1.82, 2.24) is 4.90 Å². The highest BCUT2D eigenvalue weighted by Gasteiger charge is 2.25. The summed E-state index contributed by atoms with van der Waals surface area (Å²) in [6.07, 6.45) is -1.43. The molecule has 0 fully saturated rings. The predicted octanol–water partition coefficient (Wildman–Crippen LogP) is -0.280. The molecule has 1 atom stereocenters. The maximum absolute atomic E-state index is 10.8. The third-order valence-electron chi connectivity index (χ3n) is 2.02. The molecule has 0 saturated carbocycles. The van der Waals surface area contributed by atoms with Crippen molar-refractivity contribution in [1.29, 1.82) is 0 Å². The second-order valence-corrected chi connectivity index (χ2v) is 7.08. The minimum absolute atomic E-state index is 0.0191. The van der Waals surface area contributed by atoms with Crippen molar-refractivity contribution in [3.63, 3.8) is 0 Å². The summed E-state index contributed by atoms with van der Waals surface area (Å²) in [5, 5.41) is 9.29. The average Bonchev–Trinajstić information content (AvgIpc) is 2.08. The summed E-state index contributed by atoms with van der Waals surface area (Å²) in [7, 11) is -8.75. The molecule has 0 aromatic heterocycles. The topological polar surface area (TPSA) is 139 Å². The molecule has 0 spiro atoms. The van der Waals surface area contributed by atoms with E-state index < -0.39 is 33.9 Å². The zero-order valence-corrected chi connectivity index (χ0v) is 11.3. The average molecular weight is 291 g/mol. The van der Waals surface area contributed by atoms with Crippen LogP contribution in [0.1, 0.15) is 19.8 Å². The van der Waals surface area contributed by atoms with Crippen molar-refractivity contribution in [2.24, 2.45) is 0 Å². The molecule has 1 unspecified atom stereocenters. The van der Waals surface area contributed by atoms with Crippen LogP contribution in [0.2, 0.25) is 0 Å². The third-order valence-corrected chi connectivity index (χ3v) is 3.56. The van der Waals surface area contributed by atoms with Gasteiger partial charge in [-0.3, -0.25) is 14.0 Å².